The van der Waals surface area contributed by atoms with Crippen LogP contribution in [0.2, 0.25) is 0 Å². The van der Waals surface area contributed by atoms with Gasteiger partial charge in [0.1, 0.15) is 0 Å². The highest BCUT2D eigenvalue weighted by molar-refractivity contribution is 14.0. The first-order chi connectivity index (χ1) is 12.8. The molecule has 9 heteroatoms. The van der Waals surface area contributed by atoms with E-state index in [1.165, 1.54) is 18.6 Å². The van der Waals surface area contributed by atoms with E-state index in [9.17, 15) is 14.9 Å². The van der Waals surface area contributed by atoms with Crippen molar-refractivity contribution in [2.45, 2.75) is 26.8 Å². The molecule has 0 radical (unpaired) electrons. The maximum absolute atomic E-state index is 12.0. The van der Waals surface area contributed by atoms with Crippen LogP contribution in [0.15, 0.2) is 29.3 Å². The summed E-state index contributed by atoms with van der Waals surface area (Å²) in [6, 6.07) is 6.40. The van der Waals surface area contributed by atoms with E-state index >= 15 is 0 Å². The highest BCUT2D eigenvalue weighted by Gasteiger charge is 2.24. The van der Waals surface area contributed by atoms with Gasteiger partial charge in [0, 0.05) is 39.3 Å². The molecule has 0 aromatic heterocycles. The summed E-state index contributed by atoms with van der Waals surface area (Å²) >= 11 is 0. The smallest absolute Gasteiger partial charge is 0.269 e. The lowest BCUT2D eigenvalue weighted by atomic mass is 9.92. The molecule has 1 aromatic carbocycles. The SMILES string of the molecule is CC1CC(C)CN(C(=NCc2ccc([N+](=O)[O-])cc2)NCC(=O)N(C)C)C1.I. The number of nitro groups is 1. The van der Waals surface area contributed by atoms with Crippen LogP contribution in [0.25, 0.3) is 0 Å². The molecule has 1 heterocycles. The lowest BCUT2D eigenvalue weighted by Crippen LogP contribution is -2.50. The zero-order valence-corrected chi connectivity index (χ0v) is 19.3. The molecule has 1 amide bonds. The van der Waals surface area contributed by atoms with Gasteiger partial charge < -0.3 is 15.1 Å². The lowest BCUT2D eigenvalue weighted by molar-refractivity contribution is -0.384. The summed E-state index contributed by atoms with van der Waals surface area (Å²) < 4.78 is 0. The number of non-ortho nitro benzene ring substituents is 1. The van der Waals surface area contributed by atoms with E-state index in [1.54, 1.807) is 31.1 Å². The van der Waals surface area contributed by atoms with Gasteiger partial charge in [0.2, 0.25) is 5.91 Å². The fourth-order valence-corrected chi connectivity index (χ4v) is 3.31. The summed E-state index contributed by atoms with van der Waals surface area (Å²) in [6.45, 7) is 6.82. The van der Waals surface area contributed by atoms with Gasteiger partial charge in [0.15, 0.2) is 5.96 Å². The van der Waals surface area contributed by atoms with Crippen molar-refractivity contribution in [1.82, 2.24) is 15.1 Å². The van der Waals surface area contributed by atoms with Crippen LogP contribution in [-0.2, 0) is 11.3 Å². The quantitative estimate of drug-likeness (QED) is 0.220. The average molecular weight is 503 g/mol. The van der Waals surface area contributed by atoms with E-state index in [4.69, 9.17) is 0 Å². The van der Waals surface area contributed by atoms with Crippen molar-refractivity contribution in [2.75, 3.05) is 33.7 Å². The molecule has 8 nitrogen and oxygen atoms in total. The van der Waals surface area contributed by atoms with Crippen molar-refractivity contribution in [2.24, 2.45) is 16.8 Å². The molecular formula is C19H30IN5O3. The predicted octanol–water partition coefficient (Wildman–Crippen LogP) is 2.72. The van der Waals surface area contributed by atoms with E-state index in [1.807, 2.05) is 0 Å². The molecular weight excluding hydrogens is 473 g/mol. The number of rotatable bonds is 5. The summed E-state index contributed by atoms with van der Waals surface area (Å²) in [5.74, 6) is 1.81. The average Bonchev–Trinajstić information content (AvgIpc) is 2.60. The Hall–Kier alpha value is -1.91. The third-order valence-electron chi connectivity index (χ3n) is 4.62. The number of nitro benzene ring substituents is 1. The first-order valence-electron chi connectivity index (χ1n) is 9.23. The van der Waals surface area contributed by atoms with Crippen LogP contribution in [0.3, 0.4) is 0 Å². The third kappa shape index (κ3) is 7.25. The Labute approximate surface area is 183 Å². The van der Waals surface area contributed by atoms with Gasteiger partial charge in [0.05, 0.1) is 18.0 Å². The highest BCUT2D eigenvalue weighted by atomic mass is 127. The molecule has 156 valence electrons. The first-order valence-corrected chi connectivity index (χ1v) is 9.23. The number of guanidine groups is 1. The zero-order chi connectivity index (χ0) is 20.0. The number of carbonyl (C=O) groups is 1. The number of nitrogens with one attached hydrogen (secondary N) is 1. The second-order valence-electron chi connectivity index (χ2n) is 7.56. The fraction of sp³-hybridized carbons (Fsp3) is 0.579. The number of aliphatic imine (C=N–C) groups is 1. The van der Waals surface area contributed by atoms with Gasteiger partial charge in [-0.2, -0.15) is 0 Å². The Morgan fingerprint density at radius 1 is 1.25 bits per heavy atom. The minimum absolute atomic E-state index is 0. The molecule has 2 rings (SSSR count). The number of hydrogen-bond acceptors (Lipinski definition) is 4. The van der Waals surface area contributed by atoms with Crippen molar-refractivity contribution in [3.63, 3.8) is 0 Å². The van der Waals surface area contributed by atoms with E-state index in [-0.39, 0.29) is 42.1 Å². The molecule has 1 N–H and O–H groups in total. The largest absolute Gasteiger partial charge is 0.347 e. The van der Waals surface area contributed by atoms with Crippen LogP contribution in [-0.4, -0.2) is 60.3 Å². The molecule has 0 saturated carbocycles. The minimum atomic E-state index is -0.413. The molecule has 0 bridgehead atoms. The molecule has 2 unspecified atom stereocenters. The van der Waals surface area contributed by atoms with Crippen molar-refractivity contribution in [3.05, 3.63) is 39.9 Å². The van der Waals surface area contributed by atoms with E-state index < -0.39 is 4.92 Å². The number of hydrogen-bond donors (Lipinski definition) is 1. The maximum Gasteiger partial charge on any atom is 0.269 e. The molecule has 2 atom stereocenters. The number of halogens is 1. The first kappa shape index (κ1) is 24.1. The van der Waals surface area contributed by atoms with Crippen LogP contribution >= 0.6 is 24.0 Å². The van der Waals surface area contributed by atoms with E-state index in [0.717, 1.165) is 18.7 Å². The molecule has 1 aromatic rings. The predicted molar refractivity (Wildman–Crippen MR) is 121 cm³/mol. The number of likely N-dealkylation sites (tertiary alicyclic amines) is 1. The standard InChI is InChI=1S/C19H29N5O3.HI/c1-14-9-15(2)13-23(12-14)19(21-11-18(25)22(3)4)20-10-16-5-7-17(8-6-16)24(26)27;/h5-8,14-15H,9-13H2,1-4H3,(H,20,21);1H. The summed E-state index contributed by atoms with van der Waals surface area (Å²) in [5.41, 5.74) is 0.952. The number of likely N-dealkylation sites (N-methyl/N-ethyl adjacent to an activating group) is 1. The van der Waals surface area contributed by atoms with Crippen LogP contribution in [0.1, 0.15) is 25.8 Å². The number of amides is 1. The normalized spacial score (nSPS) is 19.6. The minimum Gasteiger partial charge on any atom is -0.347 e. The Balaban J connectivity index is 0.00000392. The van der Waals surface area contributed by atoms with Crippen LogP contribution in [0.5, 0.6) is 0 Å². The molecule has 1 saturated heterocycles. The molecule has 1 aliphatic heterocycles. The Kier molecular flexibility index (Phi) is 9.63. The Morgan fingerprint density at radius 2 is 1.82 bits per heavy atom. The van der Waals surface area contributed by atoms with Gasteiger partial charge in [-0.3, -0.25) is 14.9 Å². The molecule has 0 spiro atoms. The van der Waals surface area contributed by atoms with Crippen molar-refractivity contribution < 1.29 is 9.72 Å². The number of piperidine rings is 1. The Bertz CT molecular complexity index is 683. The zero-order valence-electron chi connectivity index (χ0n) is 16.9. The van der Waals surface area contributed by atoms with Gasteiger partial charge in [-0.15, -0.1) is 24.0 Å². The highest BCUT2D eigenvalue weighted by Crippen LogP contribution is 2.21. The van der Waals surface area contributed by atoms with Gasteiger partial charge in [0.25, 0.3) is 5.69 Å². The number of nitrogens with zero attached hydrogens (tertiary/aromatic N) is 4. The number of benzene rings is 1. The van der Waals surface area contributed by atoms with Gasteiger partial charge in [-0.25, -0.2) is 4.99 Å². The third-order valence-corrected chi connectivity index (χ3v) is 4.62. The van der Waals surface area contributed by atoms with Crippen molar-refractivity contribution >= 4 is 41.5 Å². The van der Waals surface area contributed by atoms with Crippen molar-refractivity contribution in [3.8, 4) is 0 Å². The van der Waals surface area contributed by atoms with Gasteiger partial charge in [-0.05, 0) is 23.8 Å². The molecule has 0 aliphatic carbocycles. The fourth-order valence-electron chi connectivity index (χ4n) is 3.31. The molecule has 1 fully saturated rings. The van der Waals surface area contributed by atoms with Crippen LogP contribution in [0, 0.1) is 22.0 Å². The Morgan fingerprint density at radius 3 is 2.32 bits per heavy atom. The lowest BCUT2D eigenvalue weighted by Gasteiger charge is -2.37. The molecule has 1 aliphatic rings. The van der Waals surface area contributed by atoms with Crippen LogP contribution in [0.4, 0.5) is 5.69 Å². The topological polar surface area (TPSA) is 91.1 Å². The molecule has 28 heavy (non-hydrogen) atoms. The van der Waals surface area contributed by atoms with E-state index in [0.29, 0.717) is 24.3 Å². The van der Waals surface area contributed by atoms with Gasteiger partial charge >= 0.3 is 0 Å². The monoisotopic (exact) mass is 503 g/mol. The van der Waals surface area contributed by atoms with Crippen molar-refractivity contribution in [1.29, 1.82) is 0 Å². The maximum atomic E-state index is 12.0. The number of carbonyl (C=O) groups excluding carboxylic acids is 1. The summed E-state index contributed by atoms with van der Waals surface area (Å²) in [4.78, 5) is 30.8. The second-order valence-corrected chi connectivity index (χ2v) is 7.56. The van der Waals surface area contributed by atoms with Gasteiger partial charge in [-0.1, -0.05) is 26.0 Å². The summed E-state index contributed by atoms with van der Waals surface area (Å²) in [7, 11) is 3.45. The summed E-state index contributed by atoms with van der Waals surface area (Å²) in [5, 5.41) is 14.0. The van der Waals surface area contributed by atoms with E-state index in [2.05, 4.69) is 29.1 Å². The summed E-state index contributed by atoms with van der Waals surface area (Å²) in [6.07, 6.45) is 1.18. The second kappa shape index (κ2) is 11.2. The van der Waals surface area contributed by atoms with Crippen LogP contribution < -0.4 is 5.32 Å².